The molecule has 0 N–H and O–H groups in total. The number of aryl methyl sites for hydroxylation is 2. The van der Waals surface area contributed by atoms with Crippen LogP contribution in [0.1, 0.15) is 11.1 Å². The van der Waals surface area contributed by atoms with Gasteiger partial charge in [-0.25, -0.2) is 0 Å². The molecule has 1 aromatic rings. The molecule has 0 fully saturated rings. The van der Waals surface area contributed by atoms with Crippen molar-refractivity contribution in [2.45, 2.75) is 26.6 Å². The Hall–Kier alpha value is -1.60. The molecule has 0 aliphatic heterocycles. The number of hydrogen-bond acceptors (Lipinski definition) is 2. The van der Waals surface area contributed by atoms with E-state index in [9.17, 15) is 26.3 Å². The van der Waals surface area contributed by atoms with Gasteiger partial charge < -0.3 is 9.47 Å². The smallest absolute Gasteiger partial charge is 0.402 e. The topological polar surface area (TPSA) is 18.5 Å². The third kappa shape index (κ3) is 4.01. The molecule has 0 aliphatic carbocycles. The minimum Gasteiger partial charge on any atom is -0.402 e. The van der Waals surface area contributed by atoms with Crippen LogP contribution in [0.15, 0.2) is 12.1 Å². The van der Waals surface area contributed by atoms with Crippen molar-refractivity contribution >= 4 is 0 Å². The number of ether oxygens (including phenoxy) is 2. The normalized spacial score (nSPS) is 12.4. The van der Waals surface area contributed by atoms with E-state index in [0.29, 0.717) is 0 Å². The van der Waals surface area contributed by atoms with Gasteiger partial charge in [0, 0.05) is 0 Å². The van der Waals surface area contributed by atoms with E-state index in [2.05, 4.69) is 9.47 Å². The Labute approximate surface area is 98.1 Å². The van der Waals surface area contributed by atoms with Crippen molar-refractivity contribution in [3.63, 3.8) is 0 Å². The highest BCUT2D eigenvalue weighted by Gasteiger charge is 2.37. The molecule has 0 heterocycles. The fourth-order valence-electron chi connectivity index (χ4n) is 1.24. The summed E-state index contributed by atoms with van der Waals surface area (Å²) in [6.45, 7) is 2.37. The molecule has 0 saturated carbocycles. The fraction of sp³-hybridized carbons (Fsp3) is 0.400. The largest absolute Gasteiger partial charge is 0.573 e. The Kier molecular flexibility index (Phi) is 3.68. The van der Waals surface area contributed by atoms with Crippen LogP contribution in [0, 0.1) is 13.8 Å². The molecule has 102 valence electrons. The number of alkyl halides is 6. The van der Waals surface area contributed by atoms with E-state index in [1.807, 2.05) is 0 Å². The average Bonchev–Trinajstić information content (AvgIpc) is 2.14. The summed E-state index contributed by atoms with van der Waals surface area (Å²) in [4.78, 5) is 0. The Bertz CT molecular complexity index is 394. The molecule has 0 spiro atoms. The zero-order valence-corrected chi connectivity index (χ0v) is 9.24. The first-order valence-corrected chi connectivity index (χ1v) is 4.61. The molecule has 0 aromatic heterocycles. The van der Waals surface area contributed by atoms with Crippen molar-refractivity contribution in [2.24, 2.45) is 0 Å². The highest BCUT2D eigenvalue weighted by molar-refractivity contribution is 5.51. The van der Waals surface area contributed by atoms with Gasteiger partial charge in [0.15, 0.2) is 11.5 Å². The first-order valence-electron chi connectivity index (χ1n) is 4.61. The average molecular weight is 274 g/mol. The van der Waals surface area contributed by atoms with Crippen LogP contribution in [0.25, 0.3) is 0 Å². The molecule has 8 heteroatoms. The molecule has 18 heavy (non-hydrogen) atoms. The van der Waals surface area contributed by atoms with E-state index in [1.54, 1.807) is 0 Å². The highest BCUT2D eigenvalue weighted by atomic mass is 19.4. The van der Waals surface area contributed by atoms with Gasteiger partial charge in [-0.15, -0.1) is 26.3 Å². The zero-order valence-electron chi connectivity index (χ0n) is 9.24. The molecule has 0 unspecified atom stereocenters. The van der Waals surface area contributed by atoms with Crippen molar-refractivity contribution in [1.29, 1.82) is 0 Å². The summed E-state index contributed by atoms with van der Waals surface area (Å²) in [6.07, 6.45) is -10.2. The lowest BCUT2D eigenvalue weighted by Gasteiger charge is -2.18. The van der Waals surface area contributed by atoms with E-state index in [1.165, 1.54) is 26.0 Å². The summed E-state index contributed by atoms with van der Waals surface area (Å²) in [5.41, 5.74) is -0.227. The summed E-state index contributed by atoms with van der Waals surface area (Å²) in [7, 11) is 0. The molecular formula is C10H8F6O2. The minimum atomic E-state index is -5.09. The molecule has 0 bridgehead atoms. The summed E-state index contributed by atoms with van der Waals surface area (Å²) in [6, 6.07) is 2.42. The molecule has 2 nitrogen and oxygen atoms in total. The van der Waals surface area contributed by atoms with E-state index >= 15 is 0 Å². The Morgan fingerprint density at radius 3 is 1.22 bits per heavy atom. The SMILES string of the molecule is Cc1ccc(C)c(OC(F)(F)F)c1OC(F)(F)F. The molecule has 0 atom stereocenters. The second-order valence-corrected chi connectivity index (χ2v) is 3.45. The lowest BCUT2D eigenvalue weighted by atomic mass is 10.1. The van der Waals surface area contributed by atoms with Crippen molar-refractivity contribution in [3.05, 3.63) is 23.3 Å². The maximum Gasteiger partial charge on any atom is 0.573 e. The van der Waals surface area contributed by atoms with Gasteiger partial charge >= 0.3 is 12.7 Å². The van der Waals surface area contributed by atoms with Crippen LogP contribution in [-0.4, -0.2) is 12.7 Å². The lowest BCUT2D eigenvalue weighted by molar-refractivity contribution is -0.287. The molecule has 0 amide bonds. The Balaban J connectivity index is 3.25. The van der Waals surface area contributed by atoms with E-state index in [0.717, 1.165) is 0 Å². The van der Waals surface area contributed by atoms with Crippen LogP contribution in [-0.2, 0) is 0 Å². The number of rotatable bonds is 2. The summed E-state index contributed by atoms with van der Waals surface area (Å²) in [5, 5.41) is 0. The molecule has 0 aliphatic rings. The maximum absolute atomic E-state index is 12.1. The van der Waals surface area contributed by atoms with E-state index < -0.39 is 24.2 Å². The zero-order chi connectivity index (χ0) is 14.1. The third-order valence-corrected chi connectivity index (χ3v) is 1.94. The summed E-state index contributed by atoms with van der Waals surface area (Å²) in [5.74, 6) is -1.97. The Morgan fingerprint density at radius 2 is 1.00 bits per heavy atom. The first-order chi connectivity index (χ1) is 7.99. The first kappa shape index (κ1) is 14.5. The number of hydrogen-bond donors (Lipinski definition) is 0. The number of benzene rings is 1. The van der Waals surface area contributed by atoms with E-state index in [-0.39, 0.29) is 11.1 Å². The van der Waals surface area contributed by atoms with Crippen LogP contribution in [0.5, 0.6) is 11.5 Å². The van der Waals surface area contributed by atoms with Crippen LogP contribution in [0.3, 0.4) is 0 Å². The van der Waals surface area contributed by atoms with Gasteiger partial charge in [-0.2, -0.15) is 0 Å². The monoisotopic (exact) mass is 274 g/mol. The lowest BCUT2D eigenvalue weighted by Crippen LogP contribution is -2.22. The second-order valence-electron chi connectivity index (χ2n) is 3.45. The fourth-order valence-corrected chi connectivity index (χ4v) is 1.24. The van der Waals surface area contributed by atoms with Crippen LogP contribution in [0.2, 0.25) is 0 Å². The van der Waals surface area contributed by atoms with Gasteiger partial charge in [0.1, 0.15) is 0 Å². The van der Waals surface area contributed by atoms with Gasteiger partial charge in [-0.1, -0.05) is 12.1 Å². The van der Waals surface area contributed by atoms with Gasteiger partial charge in [0.2, 0.25) is 0 Å². The van der Waals surface area contributed by atoms with Crippen LogP contribution in [0.4, 0.5) is 26.3 Å². The molecule has 0 radical (unpaired) electrons. The van der Waals surface area contributed by atoms with Crippen molar-refractivity contribution in [3.8, 4) is 11.5 Å². The number of halogens is 6. The van der Waals surface area contributed by atoms with Gasteiger partial charge in [-0.05, 0) is 25.0 Å². The van der Waals surface area contributed by atoms with Crippen molar-refractivity contribution in [1.82, 2.24) is 0 Å². The minimum absolute atomic E-state index is 0.114. The standard InChI is InChI=1S/C10H8F6O2/c1-5-3-4-6(2)8(18-10(14,15)16)7(5)17-9(11,12)13/h3-4H,1-2H3. The molecule has 0 saturated heterocycles. The van der Waals surface area contributed by atoms with Crippen LogP contribution >= 0.6 is 0 Å². The van der Waals surface area contributed by atoms with Crippen molar-refractivity contribution in [2.75, 3.05) is 0 Å². The molecule has 1 aromatic carbocycles. The Morgan fingerprint density at radius 1 is 0.722 bits per heavy atom. The second kappa shape index (κ2) is 4.58. The van der Waals surface area contributed by atoms with Gasteiger partial charge in [-0.3, -0.25) is 0 Å². The summed E-state index contributed by atoms with van der Waals surface area (Å²) < 4.78 is 79.8. The highest BCUT2D eigenvalue weighted by Crippen LogP contribution is 2.40. The maximum atomic E-state index is 12.1. The molecular weight excluding hydrogens is 266 g/mol. The quantitative estimate of drug-likeness (QED) is 0.756. The third-order valence-electron chi connectivity index (χ3n) is 1.94. The van der Waals surface area contributed by atoms with Gasteiger partial charge in [0.25, 0.3) is 0 Å². The van der Waals surface area contributed by atoms with Crippen LogP contribution < -0.4 is 9.47 Å². The van der Waals surface area contributed by atoms with Gasteiger partial charge in [0.05, 0.1) is 0 Å². The summed E-state index contributed by atoms with van der Waals surface area (Å²) >= 11 is 0. The van der Waals surface area contributed by atoms with Crippen molar-refractivity contribution < 1.29 is 35.8 Å². The predicted molar refractivity (Wildman–Crippen MR) is 49.3 cm³/mol. The predicted octanol–water partition coefficient (Wildman–Crippen LogP) is 4.10. The molecule has 1 rings (SSSR count). The van der Waals surface area contributed by atoms with E-state index in [4.69, 9.17) is 0 Å².